The van der Waals surface area contributed by atoms with Gasteiger partial charge in [0.15, 0.2) is 0 Å². The first-order valence-corrected chi connectivity index (χ1v) is 3.87. The van der Waals surface area contributed by atoms with Gasteiger partial charge in [-0.15, -0.1) is 6.58 Å². The summed E-state index contributed by atoms with van der Waals surface area (Å²) in [6.07, 6.45) is 1.98. The van der Waals surface area contributed by atoms with E-state index in [1.54, 1.807) is 0 Å². The van der Waals surface area contributed by atoms with Crippen LogP contribution in [0.1, 0.15) is 0 Å². The van der Waals surface area contributed by atoms with Crippen LogP contribution in [0, 0.1) is 0 Å². The fourth-order valence-corrected chi connectivity index (χ4v) is 1.17. The Hall–Kier alpha value is -0.380. The molecule has 1 fully saturated rings. The van der Waals surface area contributed by atoms with Crippen LogP contribution in [-0.4, -0.2) is 39.0 Å². The molecular formula is C8H15NO2. The summed E-state index contributed by atoms with van der Waals surface area (Å²) in [5, 5.41) is 3.10. The number of rotatable bonds is 3. The highest BCUT2D eigenvalue weighted by Crippen LogP contribution is 2.05. The maximum absolute atomic E-state index is 5.46. The fraction of sp³-hybridized carbons (Fsp3) is 0.750. The Balaban J connectivity index is 2.35. The zero-order valence-corrected chi connectivity index (χ0v) is 6.88. The predicted octanol–water partition coefficient (Wildman–Crippen LogP) is 0.176. The zero-order valence-electron chi connectivity index (χ0n) is 6.88. The van der Waals surface area contributed by atoms with Crippen LogP contribution in [0.15, 0.2) is 12.7 Å². The average molecular weight is 157 g/mol. The predicted molar refractivity (Wildman–Crippen MR) is 43.6 cm³/mol. The SMILES string of the molecule is C=CC(NC)C1COCCO1. The number of hydrogen-bond acceptors (Lipinski definition) is 3. The lowest BCUT2D eigenvalue weighted by Gasteiger charge is -2.28. The van der Waals surface area contributed by atoms with Crippen molar-refractivity contribution in [3.8, 4) is 0 Å². The van der Waals surface area contributed by atoms with Crippen molar-refractivity contribution in [2.24, 2.45) is 0 Å². The third kappa shape index (κ3) is 2.29. The van der Waals surface area contributed by atoms with E-state index in [1.165, 1.54) is 0 Å². The van der Waals surface area contributed by atoms with Crippen LogP contribution in [0.25, 0.3) is 0 Å². The summed E-state index contributed by atoms with van der Waals surface area (Å²) < 4.78 is 10.7. The van der Waals surface area contributed by atoms with Gasteiger partial charge in [-0.3, -0.25) is 0 Å². The van der Waals surface area contributed by atoms with Crippen molar-refractivity contribution in [2.45, 2.75) is 12.1 Å². The molecule has 0 bridgehead atoms. The molecule has 1 N–H and O–H groups in total. The largest absolute Gasteiger partial charge is 0.376 e. The highest BCUT2D eigenvalue weighted by Gasteiger charge is 2.20. The third-order valence-electron chi connectivity index (χ3n) is 1.83. The van der Waals surface area contributed by atoms with E-state index in [0.29, 0.717) is 19.8 Å². The first-order chi connectivity index (χ1) is 5.38. The quantitative estimate of drug-likeness (QED) is 0.593. The van der Waals surface area contributed by atoms with Crippen molar-refractivity contribution < 1.29 is 9.47 Å². The Bertz CT molecular complexity index is 121. The lowest BCUT2D eigenvalue weighted by Crippen LogP contribution is -2.43. The second kappa shape index (κ2) is 4.49. The van der Waals surface area contributed by atoms with E-state index < -0.39 is 0 Å². The lowest BCUT2D eigenvalue weighted by atomic mass is 10.1. The molecule has 1 aliphatic heterocycles. The van der Waals surface area contributed by atoms with Gasteiger partial charge in [0.1, 0.15) is 0 Å². The Morgan fingerprint density at radius 2 is 2.45 bits per heavy atom. The maximum atomic E-state index is 5.46. The van der Waals surface area contributed by atoms with Gasteiger partial charge in [-0.1, -0.05) is 6.08 Å². The van der Waals surface area contributed by atoms with Crippen molar-refractivity contribution in [1.82, 2.24) is 5.32 Å². The molecule has 1 heterocycles. The molecule has 0 amide bonds. The molecule has 2 unspecified atom stereocenters. The molecule has 0 saturated carbocycles. The summed E-state index contributed by atoms with van der Waals surface area (Å²) in [5.74, 6) is 0. The molecule has 0 aromatic heterocycles. The van der Waals surface area contributed by atoms with E-state index in [1.807, 2.05) is 13.1 Å². The van der Waals surface area contributed by atoms with Crippen LogP contribution in [0.2, 0.25) is 0 Å². The van der Waals surface area contributed by atoms with Crippen molar-refractivity contribution in [1.29, 1.82) is 0 Å². The van der Waals surface area contributed by atoms with Gasteiger partial charge in [-0.2, -0.15) is 0 Å². The van der Waals surface area contributed by atoms with Crippen LogP contribution in [0.4, 0.5) is 0 Å². The molecule has 3 nitrogen and oxygen atoms in total. The molecule has 0 aliphatic carbocycles. The van der Waals surface area contributed by atoms with Crippen LogP contribution in [-0.2, 0) is 9.47 Å². The average Bonchev–Trinajstić information content (AvgIpc) is 2.09. The second-order valence-corrected chi connectivity index (χ2v) is 2.53. The summed E-state index contributed by atoms with van der Waals surface area (Å²) >= 11 is 0. The molecule has 1 aliphatic rings. The first kappa shape index (κ1) is 8.71. The normalized spacial score (nSPS) is 27.9. The van der Waals surface area contributed by atoms with Gasteiger partial charge in [0, 0.05) is 0 Å². The molecule has 0 spiro atoms. The molecule has 1 rings (SSSR count). The smallest absolute Gasteiger partial charge is 0.0997 e. The topological polar surface area (TPSA) is 30.5 Å². The molecule has 0 aromatic rings. The van der Waals surface area contributed by atoms with Crippen LogP contribution >= 0.6 is 0 Å². The Labute approximate surface area is 67.4 Å². The minimum Gasteiger partial charge on any atom is -0.376 e. The van der Waals surface area contributed by atoms with E-state index in [9.17, 15) is 0 Å². The zero-order chi connectivity index (χ0) is 8.10. The van der Waals surface area contributed by atoms with E-state index in [2.05, 4.69) is 11.9 Å². The Kier molecular flexibility index (Phi) is 3.56. The van der Waals surface area contributed by atoms with E-state index >= 15 is 0 Å². The molecule has 0 radical (unpaired) electrons. The van der Waals surface area contributed by atoms with E-state index in [0.717, 1.165) is 0 Å². The molecule has 64 valence electrons. The number of hydrogen-bond donors (Lipinski definition) is 1. The molecule has 1 saturated heterocycles. The lowest BCUT2D eigenvalue weighted by molar-refractivity contribution is -0.0948. The summed E-state index contributed by atoms with van der Waals surface area (Å²) in [5.41, 5.74) is 0. The minimum atomic E-state index is 0.131. The van der Waals surface area contributed by atoms with Gasteiger partial charge < -0.3 is 14.8 Å². The molecule has 11 heavy (non-hydrogen) atoms. The van der Waals surface area contributed by atoms with Crippen molar-refractivity contribution in [3.05, 3.63) is 12.7 Å². The van der Waals surface area contributed by atoms with Crippen LogP contribution in [0.3, 0.4) is 0 Å². The van der Waals surface area contributed by atoms with Gasteiger partial charge in [-0.05, 0) is 7.05 Å². The maximum Gasteiger partial charge on any atom is 0.0997 e. The highest BCUT2D eigenvalue weighted by atomic mass is 16.6. The Morgan fingerprint density at radius 1 is 1.64 bits per heavy atom. The van der Waals surface area contributed by atoms with Gasteiger partial charge in [0.25, 0.3) is 0 Å². The monoisotopic (exact) mass is 157 g/mol. The van der Waals surface area contributed by atoms with E-state index in [4.69, 9.17) is 9.47 Å². The van der Waals surface area contributed by atoms with Crippen molar-refractivity contribution in [2.75, 3.05) is 26.9 Å². The van der Waals surface area contributed by atoms with Gasteiger partial charge >= 0.3 is 0 Å². The highest BCUT2D eigenvalue weighted by molar-refractivity contribution is 4.91. The van der Waals surface area contributed by atoms with E-state index in [-0.39, 0.29) is 12.1 Å². The second-order valence-electron chi connectivity index (χ2n) is 2.53. The van der Waals surface area contributed by atoms with Gasteiger partial charge in [0.2, 0.25) is 0 Å². The van der Waals surface area contributed by atoms with Crippen molar-refractivity contribution >= 4 is 0 Å². The summed E-state index contributed by atoms with van der Waals surface area (Å²) in [6.45, 7) is 5.78. The third-order valence-corrected chi connectivity index (χ3v) is 1.83. The summed E-state index contributed by atoms with van der Waals surface area (Å²) in [4.78, 5) is 0. The van der Waals surface area contributed by atoms with Crippen LogP contribution < -0.4 is 5.32 Å². The minimum absolute atomic E-state index is 0.131. The van der Waals surface area contributed by atoms with Crippen molar-refractivity contribution in [3.63, 3.8) is 0 Å². The number of likely N-dealkylation sites (N-methyl/N-ethyl adjacent to an activating group) is 1. The van der Waals surface area contributed by atoms with Gasteiger partial charge in [-0.25, -0.2) is 0 Å². The molecule has 0 aromatic carbocycles. The number of nitrogens with one attached hydrogen (secondary N) is 1. The summed E-state index contributed by atoms with van der Waals surface area (Å²) in [6, 6.07) is 0.204. The molecule has 2 atom stereocenters. The Morgan fingerprint density at radius 3 is 2.91 bits per heavy atom. The standard InChI is InChI=1S/C8H15NO2/c1-3-7(9-2)8-6-10-4-5-11-8/h3,7-9H,1,4-6H2,2H3. The molecular weight excluding hydrogens is 142 g/mol. The first-order valence-electron chi connectivity index (χ1n) is 3.87. The summed E-state index contributed by atoms with van der Waals surface area (Å²) in [7, 11) is 1.89. The molecule has 3 heteroatoms. The van der Waals surface area contributed by atoms with Crippen LogP contribution in [0.5, 0.6) is 0 Å². The van der Waals surface area contributed by atoms with Gasteiger partial charge in [0.05, 0.1) is 32.0 Å². The number of ether oxygens (including phenoxy) is 2. The fourth-order valence-electron chi connectivity index (χ4n) is 1.17.